The molecule has 126 valence electrons. The SMILES string of the molecule is COCC(=O)N1CCN(c2cc(=O)[nH]nc2-c2ccccc2)CC1. The monoisotopic (exact) mass is 328 g/mol. The van der Waals surface area contributed by atoms with Gasteiger partial charge in [-0.05, 0) is 0 Å². The van der Waals surface area contributed by atoms with Gasteiger partial charge in [0.05, 0.1) is 5.69 Å². The van der Waals surface area contributed by atoms with Gasteiger partial charge >= 0.3 is 0 Å². The Morgan fingerprint density at radius 1 is 1.21 bits per heavy atom. The van der Waals surface area contributed by atoms with E-state index < -0.39 is 0 Å². The lowest BCUT2D eigenvalue weighted by Gasteiger charge is -2.36. The van der Waals surface area contributed by atoms with Gasteiger partial charge in [-0.2, -0.15) is 5.10 Å². The van der Waals surface area contributed by atoms with Crippen molar-refractivity contribution in [2.75, 3.05) is 44.8 Å². The predicted molar refractivity (Wildman–Crippen MR) is 91.0 cm³/mol. The summed E-state index contributed by atoms with van der Waals surface area (Å²) in [6.45, 7) is 2.61. The number of rotatable bonds is 4. The highest BCUT2D eigenvalue weighted by molar-refractivity contribution is 5.78. The molecule has 7 heteroatoms. The number of H-pyrrole nitrogens is 1. The smallest absolute Gasteiger partial charge is 0.266 e. The van der Waals surface area contributed by atoms with Gasteiger partial charge in [-0.1, -0.05) is 30.3 Å². The Hall–Kier alpha value is -2.67. The summed E-state index contributed by atoms with van der Waals surface area (Å²) in [4.78, 5) is 27.5. The zero-order valence-corrected chi connectivity index (χ0v) is 13.6. The Bertz CT molecular complexity index is 752. The van der Waals surface area contributed by atoms with E-state index in [9.17, 15) is 9.59 Å². The molecule has 0 bridgehead atoms. The van der Waals surface area contributed by atoms with Crippen molar-refractivity contribution in [3.63, 3.8) is 0 Å². The summed E-state index contributed by atoms with van der Waals surface area (Å²) in [5, 5.41) is 6.74. The first-order valence-corrected chi connectivity index (χ1v) is 7.86. The Labute approximate surface area is 139 Å². The Morgan fingerprint density at radius 3 is 2.58 bits per heavy atom. The number of carbonyl (C=O) groups excluding carboxylic acids is 1. The fourth-order valence-electron chi connectivity index (χ4n) is 2.85. The van der Waals surface area contributed by atoms with Gasteiger partial charge in [0.2, 0.25) is 5.91 Å². The topological polar surface area (TPSA) is 78.5 Å². The molecule has 3 rings (SSSR count). The molecule has 1 amide bonds. The number of nitrogens with zero attached hydrogens (tertiary/aromatic N) is 3. The summed E-state index contributed by atoms with van der Waals surface area (Å²) in [7, 11) is 1.52. The maximum absolute atomic E-state index is 11.9. The van der Waals surface area contributed by atoms with Crippen LogP contribution >= 0.6 is 0 Å². The van der Waals surface area contributed by atoms with Crippen LogP contribution in [-0.4, -0.2) is 60.9 Å². The summed E-state index contributed by atoms with van der Waals surface area (Å²) in [6.07, 6.45) is 0. The molecule has 1 N–H and O–H groups in total. The quantitative estimate of drug-likeness (QED) is 0.895. The van der Waals surface area contributed by atoms with Crippen molar-refractivity contribution in [2.45, 2.75) is 0 Å². The second-order valence-corrected chi connectivity index (χ2v) is 5.63. The predicted octanol–water partition coefficient (Wildman–Crippen LogP) is 0.732. The molecule has 1 fully saturated rings. The largest absolute Gasteiger partial charge is 0.375 e. The van der Waals surface area contributed by atoms with Crippen LogP contribution in [0.4, 0.5) is 5.69 Å². The van der Waals surface area contributed by atoms with E-state index in [2.05, 4.69) is 15.1 Å². The van der Waals surface area contributed by atoms with Crippen molar-refractivity contribution in [2.24, 2.45) is 0 Å². The van der Waals surface area contributed by atoms with Crippen molar-refractivity contribution >= 4 is 11.6 Å². The van der Waals surface area contributed by atoms with Crippen molar-refractivity contribution in [3.8, 4) is 11.3 Å². The summed E-state index contributed by atoms with van der Waals surface area (Å²) >= 11 is 0. The maximum Gasteiger partial charge on any atom is 0.266 e. The molecule has 2 aromatic rings. The fourth-order valence-corrected chi connectivity index (χ4v) is 2.85. The van der Waals surface area contributed by atoms with E-state index in [1.54, 1.807) is 11.0 Å². The second kappa shape index (κ2) is 7.27. The van der Waals surface area contributed by atoms with Crippen LogP contribution in [0.15, 0.2) is 41.2 Å². The van der Waals surface area contributed by atoms with Crippen LogP contribution in [0.1, 0.15) is 0 Å². The number of amides is 1. The summed E-state index contributed by atoms with van der Waals surface area (Å²) < 4.78 is 4.90. The minimum atomic E-state index is -0.234. The van der Waals surface area contributed by atoms with E-state index in [0.717, 1.165) is 16.9 Å². The van der Waals surface area contributed by atoms with E-state index >= 15 is 0 Å². The van der Waals surface area contributed by atoms with Gasteiger partial charge in [0, 0.05) is 44.9 Å². The lowest BCUT2D eigenvalue weighted by atomic mass is 10.1. The highest BCUT2D eigenvalue weighted by Gasteiger charge is 2.23. The van der Waals surface area contributed by atoms with Crippen LogP contribution in [0.5, 0.6) is 0 Å². The van der Waals surface area contributed by atoms with Gasteiger partial charge in [-0.25, -0.2) is 5.10 Å². The molecule has 0 unspecified atom stereocenters. The van der Waals surface area contributed by atoms with Crippen LogP contribution in [-0.2, 0) is 9.53 Å². The summed E-state index contributed by atoms with van der Waals surface area (Å²) in [5.41, 5.74) is 2.25. The zero-order chi connectivity index (χ0) is 16.9. The highest BCUT2D eigenvalue weighted by atomic mass is 16.5. The van der Waals surface area contributed by atoms with Gasteiger partial charge in [0.15, 0.2) is 0 Å². The Morgan fingerprint density at radius 2 is 1.92 bits per heavy atom. The number of aromatic nitrogens is 2. The Balaban J connectivity index is 1.82. The zero-order valence-electron chi connectivity index (χ0n) is 13.6. The molecule has 1 aliphatic rings. The van der Waals surface area contributed by atoms with Gasteiger partial charge < -0.3 is 14.5 Å². The molecule has 0 saturated carbocycles. The number of nitrogens with one attached hydrogen (secondary N) is 1. The lowest BCUT2D eigenvalue weighted by molar-refractivity contribution is -0.135. The van der Waals surface area contributed by atoms with Gasteiger partial charge in [0.25, 0.3) is 5.56 Å². The molecule has 1 aliphatic heterocycles. The van der Waals surface area contributed by atoms with E-state index in [1.165, 1.54) is 7.11 Å². The van der Waals surface area contributed by atoms with E-state index in [1.807, 2.05) is 30.3 Å². The van der Waals surface area contributed by atoms with Crippen LogP contribution in [0.3, 0.4) is 0 Å². The number of anilines is 1. The fraction of sp³-hybridized carbons (Fsp3) is 0.353. The minimum absolute atomic E-state index is 0.00975. The van der Waals surface area contributed by atoms with E-state index in [-0.39, 0.29) is 18.1 Å². The van der Waals surface area contributed by atoms with Crippen LogP contribution in [0.25, 0.3) is 11.3 Å². The highest BCUT2D eigenvalue weighted by Crippen LogP contribution is 2.27. The third-order valence-corrected chi connectivity index (χ3v) is 4.08. The molecule has 1 aromatic heterocycles. The molecule has 24 heavy (non-hydrogen) atoms. The van der Waals surface area contributed by atoms with Crippen LogP contribution in [0, 0.1) is 0 Å². The summed E-state index contributed by atoms with van der Waals surface area (Å²) in [5.74, 6) is -0.00975. The molecule has 2 heterocycles. The molecule has 0 spiro atoms. The number of carbonyl (C=O) groups is 1. The van der Waals surface area contributed by atoms with Crippen molar-refractivity contribution in [1.82, 2.24) is 15.1 Å². The third-order valence-electron chi connectivity index (χ3n) is 4.08. The van der Waals surface area contributed by atoms with Crippen molar-refractivity contribution in [3.05, 3.63) is 46.8 Å². The average molecular weight is 328 g/mol. The van der Waals surface area contributed by atoms with Crippen molar-refractivity contribution < 1.29 is 9.53 Å². The number of ether oxygens (including phenoxy) is 1. The number of benzene rings is 1. The Kier molecular flexibility index (Phi) is 4.90. The normalized spacial score (nSPS) is 14.7. The van der Waals surface area contributed by atoms with Gasteiger partial charge in [-0.3, -0.25) is 9.59 Å². The standard InChI is InChI=1S/C17H20N4O3/c1-24-12-16(23)21-9-7-20(8-10-21)14-11-15(22)18-19-17(14)13-5-3-2-4-6-13/h2-6,11H,7-10,12H2,1H3,(H,18,22). The molecular formula is C17H20N4O3. The second-order valence-electron chi connectivity index (χ2n) is 5.63. The van der Waals surface area contributed by atoms with Crippen LogP contribution < -0.4 is 10.5 Å². The lowest BCUT2D eigenvalue weighted by Crippen LogP contribution is -2.50. The maximum atomic E-state index is 11.9. The van der Waals surface area contributed by atoms with Gasteiger partial charge in [-0.15, -0.1) is 0 Å². The average Bonchev–Trinajstić information content (AvgIpc) is 2.63. The first kappa shape index (κ1) is 16.2. The number of hydrogen-bond acceptors (Lipinski definition) is 5. The molecule has 1 saturated heterocycles. The van der Waals surface area contributed by atoms with Crippen LogP contribution in [0.2, 0.25) is 0 Å². The van der Waals surface area contributed by atoms with Crippen molar-refractivity contribution in [1.29, 1.82) is 0 Å². The number of piperazine rings is 1. The van der Waals surface area contributed by atoms with Gasteiger partial charge in [0.1, 0.15) is 12.3 Å². The summed E-state index contributed by atoms with van der Waals surface area (Å²) in [6, 6.07) is 11.3. The number of methoxy groups -OCH3 is 1. The number of hydrogen-bond donors (Lipinski definition) is 1. The minimum Gasteiger partial charge on any atom is -0.375 e. The molecule has 1 aromatic carbocycles. The first-order valence-electron chi connectivity index (χ1n) is 7.86. The van der Waals surface area contributed by atoms with E-state index in [0.29, 0.717) is 26.2 Å². The third kappa shape index (κ3) is 3.46. The molecular weight excluding hydrogens is 308 g/mol. The molecule has 7 nitrogen and oxygen atoms in total. The number of aromatic amines is 1. The first-order chi connectivity index (χ1) is 11.7. The van der Waals surface area contributed by atoms with E-state index in [4.69, 9.17) is 4.74 Å². The molecule has 0 atom stereocenters. The molecule has 0 aliphatic carbocycles. The molecule has 0 radical (unpaired) electrons.